The largest absolute Gasteiger partial charge is 0.477 e. The molecule has 0 unspecified atom stereocenters. The van der Waals surface area contributed by atoms with Crippen LogP contribution in [0.4, 0.5) is 4.39 Å². The van der Waals surface area contributed by atoms with Crippen molar-refractivity contribution in [2.45, 2.75) is 6.61 Å². The molecule has 112 valence electrons. The third kappa shape index (κ3) is 2.42. The quantitative estimate of drug-likeness (QED) is 0.800. The molecule has 0 saturated heterocycles. The van der Waals surface area contributed by atoms with E-state index in [1.165, 1.54) is 30.0 Å². The third-order valence-corrected chi connectivity index (χ3v) is 3.17. The van der Waals surface area contributed by atoms with E-state index in [1.54, 1.807) is 18.2 Å². The molecule has 0 fully saturated rings. The molecule has 0 aliphatic rings. The fraction of sp³-hybridized carbons (Fsp3) is 0.133. The highest BCUT2D eigenvalue weighted by Gasteiger charge is 2.17. The maximum atomic E-state index is 13.5. The van der Waals surface area contributed by atoms with Crippen LogP contribution in [-0.2, 0) is 11.3 Å². The number of aromatic carboxylic acids is 1. The van der Waals surface area contributed by atoms with Gasteiger partial charge < -0.3 is 9.84 Å². The first-order valence-electron chi connectivity index (χ1n) is 6.46. The molecule has 1 N–H and O–H groups in total. The van der Waals surface area contributed by atoms with Crippen LogP contribution in [0.25, 0.3) is 16.9 Å². The van der Waals surface area contributed by atoms with E-state index in [-0.39, 0.29) is 23.6 Å². The third-order valence-electron chi connectivity index (χ3n) is 3.17. The van der Waals surface area contributed by atoms with Crippen LogP contribution in [0.2, 0.25) is 0 Å². The molecule has 0 radical (unpaired) electrons. The molecular formula is C15H12FN3O3. The molecule has 0 amide bonds. The van der Waals surface area contributed by atoms with Gasteiger partial charge in [-0.15, -0.1) is 0 Å². The van der Waals surface area contributed by atoms with E-state index >= 15 is 0 Å². The summed E-state index contributed by atoms with van der Waals surface area (Å²) in [6, 6.07) is 7.69. The van der Waals surface area contributed by atoms with E-state index in [1.807, 2.05) is 0 Å². The molecule has 22 heavy (non-hydrogen) atoms. The van der Waals surface area contributed by atoms with Gasteiger partial charge in [-0.05, 0) is 18.2 Å². The molecule has 0 bridgehead atoms. The average Bonchev–Trinajstić information content (AvgIpc) is 2.90. The molecule has 0 atom stereocenters. The van der Waals surface area contributed by atoms with Crippen LogP contribution in [0.15, 0.2) is 36.5 Å². The molecule has 3 rings (SSSR count). The SMILES string of the molecule is COCc1cc(-c2cccc(F)c2)n2ncc(C(=O)O)c2n1. The summed E-state index contributed by atoms with van der Waals surface area (Å²) in [6.07, 6.45) is 1.23. The molecule has 0 aliphatic carbocycles. The van der Waals surface area contributed by atoms with Gasteiger partial charge in [0.2, 0.25) is 0 Å². The standard InChI is InChI=1S/C15H12FN3O3/c1-22-8-11-6-13(9-3-2-4-10(16)5-9)19-14(18-11)12(7-17-19)15(20)21/h2-7H,8H2,1H3,(H,20,21). The van der Waals surface area contributed by atoms with Crippen LogP contribution in [0.1, 0.15) is 16.1 Å². The average molecular weight is 301 g/mol. The van der Waals surface area contributed by atoms with Crippen molar-refractivity contribution >= 4 is 11.6 Å². The molecule has 0 saturated carbocycles. The number of nitrogens with zero attached hydrogens (tertiary/aromatic N) is 3. The monoisotopic (exact) mass is 301 g/mol. The summed E-state index contributed by atoms with van der Waals surface area (Å²) in [7, 11) is 1.52. The Hall–Kier alpha value is -2.80. The topological polar surface area (TPSA) is 76.7 Å². The number of ether oxygens (including phenoxy) is 1. The Balaban J connectivity index is 2.30. The summed E-state index contributed by atoms with van der Waals surface area (Å²) in [4.78, 5) is 15.5. The first-order chi connectivity index (χ1) is 10.6. The number of halogens is 1. The molecule has 6 nitrogen and oxygen atoms in total. The van der Waals surface area contributed by atoms with E-state index in [2.05, 4.69) is 10.1 Å². The molecular weight excluding hydrogens is 289 g/mol. The van der Waals surface area contributed by atoms with Gasteiger partial charge in [-0.1, -0.05) is 12.1 Å². The van der Waals surface area contributed by atoms with Gasteiger partial charge in [0.05, 0.1) is 24.2 Å². The molecule has 2 aromatic heterocycles. The number of benzene rings is 1. The Bertz CT molecular complexity index is 860. The zero-order valence-corrected chi connectivity index (χ0v) is 11.7. The molecule has 3 aromatic rings. The molecule has 7 heteroatoms. The first-order valence-corrected chi connectivity index (χ1v) is 6.46. The van der Waals surface area contributed by atoms with Crippen molar-refractivity contribution in [1.82, 2.24) is 14.6 Å². The zero-order valence-electron chi connectivity index (χ0n) is 11.7. The second-order valence-corrected chi connectivity index (χ2v) is 4.67. The van der Waals surface area contributed by atoms with Crippen LogP contribution in [0.3, 0.4) is 0 Å². The number of carboxylic acid groups (broad SMARTS) is 1. The van der Waals surface area contributed by atoms with Crippen molar-refractivity contribution in [3.63, 3.8) is 0 Å². The Labute approximate surface area is 124 Å². The van der Waals surface area contributed by atoms with E-state index in [4.69, 9.17) is 4.74 Å². The second-order valence-electron chi connectivity index (χ2n) is 4.67. The summed E-state index contributed by atoms with van der Waals surface area (Å²) in [5.74, 6) is -1.51. The number of rotatable bonds is 4. The predicted molar refractivity (Wildman–Crippen MR) is 76.1 cm³/mol. The lowest BCUT2D eigenvalue weighted by atomic mass is 10.1. The minimum Gasteiger partial charge on any atom is -0.477 e. The van der Waals surface area contributed by atoms with Crippen molar-refractivity contribution in [3.05, 3.63) is 53.6 Å². The van der Waals surface area contributed by atoms with Crippen LogP contribution < -0.4 is 0 Å². The van der Waals surface area contributed by atoms with Gasteiger partial charge in [0, 0.05) is 12.7 Å². The minimum atomic E-state index is -1.12. The Morgan fingerprint density at radius 3 is 2.91 bits per heavy atom. The summed E-state index contributed by atoms with van der Waals surface area (Å²) in [5.41, 5.74) is 1.84. The maximum absolute atomic E-state index is 13.5. The van der Waals surface area contributed by atoms with Crippen LogP contribution in [0.5, 0.6) is 0 Å². The van der Waals surface area contributed by atoms with E-state index < -0.39 is 5.97 Å². The Kier molecular flexibility index (Phi) is 3.56. The number of carboxylic acids is 1. The van der Waals surface area contributed by atoms with Gasteiger partial charge in [0.1, 0.15) is 11.4 Å². The van der Waals surface area contributed by atoms with E-state index in [0.717, 1.165) is 0 Å². The summed E-state index contributed by atoms with van der Waals surface area (Å²) >= 11 is 0. The normalized spacial score (nSPS) is 11.0. The minimum absolute atomic E-state index is 0.0180. The van der Waals surface area contributed by atoms with Gasteiger partial charge >= 0.3 is 5.97 Å². The smallest absolute Gasteiger partial charge is 0.341 e. The molecule has 1 aromatic carbocycles. The van der Waals surface area contributed by atoms with Crippen LogP contribution >= 0.6 is 0 Å². The van der Waals surface area contributed by atoms with Crippen molar-refractivity contribution < 1.29 is 19.0 Å². The number of carbonyl (C=O) groups is 1. The van der Waals surface area contributed by atoms with Crippen molar-refractivity contribution in [3.8, 4) is 11.3 Å². The van der Waals surface area contributed by atoms with Gasteiger partial charge in [-0.3, -0.25) is 0 Å². The van der Waals surface area contributed by atoms with Crippen LogP contribution in [-0.4, -0.2) is 32.8 Å². The predicted octanol–water partition coefficient (Wildman–Crippen LogP) is 2.38. The van der Waals surface area contributed by atoms with Crippen molar-refractivity contribution in [2.75, 3.05) is 7.11 Å². The lowest BCUT2D eigenvalue weighted by Crippen LogP contribution is -2.04. The summed E-state index contributed by atoms with van der Waals surface area (Å²) in [6.45, 7) is 0.211. The molecule has 0 aliphatic heterocycles. The van der Waals surface area contributed by atoms with E-state index in [9.17, 15) is 14.3 Å². The van der Waals surface area contributed by atoms with Crippen molar-refractivity contribution in [2.24, 2.45) is 0 Å². The van der Waals surface area contributed by atoms with Gasteiger partial charge in [0.25, 0.3) is 0 Å². The second kappa shape index (κ2) is 5.53. The fourth-order valence-electron chi connectivity index (χ4n) is 2.24. The lowest BCUT2D eigenvalue weighted by molar-refractivity contribution is 0.0698. The Morgan fingerprint density at radius 1 is 1.41 bits per heavy atom. The lowest BCUT2D eigenvalue weighted by Gasteiger charge is -2.08. The zero-order chi connectivity index (χ0) is 15.7. The number of aromatic nitrogens is 3. The van der Waals surface area contributed by atoms with E-state index in [0.29, 0.717) is 17.0 Å². The van der Waals surface area contributed by atoms with Crippen LogP contribution in [0, 0.1) is 5.82 Å². The highest BCUT2D eigenvalue weighted by Crippen LogP contribution is 2.23. The number of fused-ring (bicyclic) bond motifs is 1. The molecule has 0 spiro atoms. The Morgan fingerprint density at radius 2 is 2.23 bits per heavy atom. The van der Waals surface area contributed by atoms with Gasteiger partial charge in [-0.2, -0.15) is 5.10 Å². The number of hydrogen-bond donors (Lipinski definition) is 1. The van der Waals surface area contributed by atoms with Gasteiger partial charge in [-0.25, -0.2) is 18.7 Å². The highest BCUT2D eigenvalue weighted by atomic mass is 19.1. The first kappa shape index (κ1) is 14.2. The van der Waals surface area contributed by atoms with Crippen molar-refractivity contribution in [1.29, 1.82) is 0 Å². The number of hydrogen-bond acceptors (Lipinski definition) is 4. The van der Waals surface area contributed by atoms with Gasteiger partial charge in [0.15, 0.2) is 5.65 Å². The number of methoxy groups -OCH3 is 1. The molecule has 2 heterocycles. The fourth-order valence-corrected chi connectivity index (χ4v) is 2.24. The summed E-state index contributed by atoms with van der Waals surface area (Å²) in [5, 5.41) is 13.3. The maximum Gasteiger partial charge on any atom is 0.341 e. The highest BCUT2D eigenvalue weighted by molar-refractivity contribution is 5.94. The summed E-state index contributed by atoms with van der Waals surface area (Å²) < 4.78 is 19.9.